The second kappa shape index (κ2) is 7.28. The van der Waals surface area contributed by atoms with E-state index < -0.39 is 0 Å². The summed E-state index contributed by atoms with van der Waals surface area (Å²) in [4.78, 5) is 14.6. The molecule has 1 aromatic rings. The van der Waals surface area contributed by atoms with E-state index in [4.69, 9.17) is 11.6 Å². The molecular weight excluding hydrogens is 284 g/mol. The van der Waals surface area contributed by atoms with E-state index in [0.717, 1.165) is 37.0 Å². The molecule has 0 aromatic heterocycles. The number of likely N-dealkylation sites (tertiary alicyclic amines) is 1. The largest absolute Gasteiger partial charge is 0.351 e. The Bertz CT molecular complexity index is 494. The molecule has 0 spiro atoms. The van der Waals surface area contributed by atoms with Crippen molar-refractivity contribution in [1.82, 2.24) is 10.2 Å². The number of nitrogens with zero attached hydrogens (tertiary/aromatic N) is 1. The van der Waals surface area contributed by atoms with Gasteiger partial charge in [0.2, 0.25) is 0 Å². The number of hydrogen-bond acceptors (Lipinski definition) is 2. The van der Waals surface area contributed by atoms with Gasteiger partial charge < -0.3 is 10.2 Å². The zero-order valence-corrected chi connectivity index (χ0v) is 13.9. The van der Waals surface area contributed by atoms with Crippen LogP contribution in [0.15, 0.2) is 18.2 Å². The minimum atomic E-state index is -0.0851. The second-order valence-electron chi connectivity index (χ2n) is 6.44. The van der Waals surface area contributed by atoms with E-state index in [0.29, 0.717) is 17.1 Å². The zero-order chi connectivity index (χ0) is 15.4. The van der Waals surface area contributed by atoms with Crippen LogP contribution in [0.3, 0.4) is 0 Å². The number of rotatable bonds is 4. The van der Waals surface area contributed by atoms with Gasteiger partial charge in [-0.25, -0.2) is 0 Å². The Kier molecular flexibility index (Phi) is 5.65. The third kappa shape index (κ3) is 4.72. The van der Waals surface area contributed by atoms with Crippen LogP contribution in [0.4, 0.5) is 0 Å². The molecule has 0 saturated carbocycles. The highest BCUT2D eigenvalue weighted by molar-refractivity contribution is 6.33. The fourth-order valence-corrected chi connectivity index (χ4v) is 3.52. The van der Waals surface area contributed by atoms with Crippen LogP contribution < -0.4 is 5.32 Å². The number of aryl methyl sites for hydroxylation is 1. The van der Waals surface area contributed by atoms with Gasteiger partial charge >= 0.3 is 0 Å². The van der Waals surface area contributed by atoms with E-state index in [-0.39, 0.29) is 5.91 Å². The highest BCUT2D eigenvalue weighted by Crippen LogP contribution is 2.20. The smallest absolute Gasteiger partial charge is 0.252 e. The predicted octanol–water partition coefficient (Wildman–Crippen LogP) is 3.36. The lowest BCUT2D eigenvalue weighted by Gasteiger charge is -2.34. The van der Waals surface area contributed by atoms with Crippen molar-refractivity contribution in [2.45, 2.75) is 27.2 Å². The highest BCUT2D eigenvalue weighted by Gasteiger charge is 2.21. The molecule has 2 atom stereocenters. The number of benzene rings is 1. The number of amides is 1. The molecule has 3 nitrogen and oxygen atoms in total. The minimum Gasteiger partial charge on any atom is -0.351 e. The van der Waals surface area contributed by atoms with Crippen LogP contribution in [-0.2, 0) is 0 Å². The number of nitrogens with one attached hydrogen (secondary N) is 1. The summed E-state index contributed by atoms with van der Waals surface area (Å²) in [5.74, 6) is 1.41. The molecule has 1 saturated heterocycles. The van der Waals surface area contributed by atoms with Gasteiger partial charge in [0.1, 0.15) is 0 Å². The molecule has 0 aliphatic carbocycles. The molecule has 1 aromatic carbocycles. The monoisotopic (exact) mass is 308 g/mol. The topological polar surface area (TPSA) is 32.3 Å². The molecule has 0 unspecified atom stereocenters. The molecule has 0 radical (unpaired) electrons. The van der Waals surface area contributed by atoms with Gasteiger partial charge in [0.15, 0.2) is 0 Å². The zero-order valence-electron chi connectivity index (χ0n) is 13.2. The van der Waals surface area contributed by atoms with Crippen LogP contribution in [0.1, 0.15) is 36.2 Å². The third-order valence-electron chi connectivity index (χ3n) is 4.03. The maximum absolute atomic E-state index is 12.1. The van der Waals surface area contributed by atoms with Crippen LogP contribution in [0.25, 0.3) is 0 Å². The Morgan fingerprint density at radius 3 is 2.62 bits per heavy atom. The Labute approximate surface area is 132 Å². The van der Waals surface area contributed by atoms with Crippen LogP contribution in [0, 0.1) is 18.8 Å². The Morgan fingerprint density at radius 1 is 1.33 bits per heavy atom. The van der Waals surface area contributed by atoms with Gasteiger partial charge in [-0.3, -0.25) is 4.79 Å². The summed E-state index contributed by atoms with van der Waals surface area (Å²) < 4.78 is 0. The van der Waals surface area contributed by atoms with E-state index in [1.807, 2.05) is 19.1 Å². The number of hydrogen-bond donors (Lipinski definition) is 1. The fraction of sp³-hybridized carbons (Fsp3) is 0.588. The molecule has 0 bridgehead atoms. The Balaban J connectivity index is 1.81. The van der Waals surface area contributed by atoms with Gasteiger partial charge in [-0.15, -0.1) is 0 Å². The number of halogens is 1. The van der Waals surface area contributed by atoms with E-state index in [1.165, 1.54) is 6.42 Å². The number of piperidine rings is 1. The molecule has 116 valence electrons. The molecule has 4 heteroatoms. The van der Waals surface area contributed by atoms with Gasteiger partial charge in [0.05, 0.1) is 10.6 Å². The quantitative estimate of drug-likeness (QED) is 0.925. The van der Waals surface area contributed by atoms with Crippen molar-refractivity contribution < 1.29 is 4.79 Å². The Morgan fingerprint density at radius 2 is 2.00 bits per heavy atom. The molecule has 21 heavy (non-hydrogen) atoms. The van der Waals surface area contributed by atoms with Crippen molar-refractivity contribution in [3.63, 3.8) is 0 Å². The van der Waals surface area contributed by atoms with Gasteiger partial charge in [-0.05, 0) is 42.9 Å². The molecule has 1 amide bonds. The van der Waals surface area contributed by atoms with Crippen molar-refractivity contribution in [2.75, 3.05) is 26.2 Å². The maximum atomic E-state index is 12.1. The third-order valence-corrected chi connectivity index (χ3v) is 4.34. The van der Waals surface area contributed by atoms with Gasteiger partial charge in [0, 0.05) is 26.2 Å². The molecule has 1 aliphatic rings. The maximum Gasteiger partial charge on any atom is 0.252 e. The van der Waals surface area contributed by atoms with Crippen molar-refractivity contribution >= 4 is 17.5 Å². The van der Waals surface area contributed by atoms with Gasteiger partial charge in [-0.1, -0.05) is 31.5 Å². The molecule has 1 N–H and O–H groups in total. The summed E-state index contributed by atoms with van der Waals surface area (Å²) in [5, 5.41) is 3.49. The second-order valence-corrected chi connectivity index (χ2v) is 6.85. The molecule has 1 fully saturated rings. The SMILES string of the molecule is Cc1ccc(C(=O)NCCN2C[C@H](C)C[C@H](C)C2)c(Cl)c1. The van der Waals surface area contributed by atoms with Crippen molar-refractivity contribution in [1.29, 1.82) is 0 Å². The normalized spacial score (nSPS) is 23.0. The molecular formula is C17H25ClN2O. The summed E-state index contributed by atoms with van der Waals surface area (Å²) >= 11 is 6.12. The van der Waals surface area contributed by atoms with Crippen LogP contribution in [0.5, 0.6) is 0 Å². The standard InChI is InChI=1S/C17H25ClN2O/c1-12-4-5-15(16(18)9-12)17(21)19-6-7-20-10-13(2)8-14(3)11-20/h4-5,9,13-14H,6-8,10-11H2,1-3H3,(H,19,21)/t13-,14+. The molecule has 1 heterocycles. The highest BCUT2D eigenvalue weighted by atomic mass is 35.5. The van der Waals surface area contributed by atoms with Crippen LogP contribution in [0.2, 0.25) is 5.02 Å². The van der Waals surface area contributed by atoms with Crippen LogP contribution >= 0.6 is 11.6 Å². The number of carbonyl (C=O) groups is 1. The molecule has 1 aliphatic heterocycles. The lowest BCUT2D eigenvalue weighted by molar-refractivity contribution is 0.0937. The average molecular weight is 309 g/mol. The predicted molar refractivity (Wildman–Crippen MR) is 87.9 cm³/mol. The van der Waals surface area contributed by atoms with E-state index in [9.17, 15) is 4.79 Å². The van der Waals surface area contributed by atoms with E-state index in [2.05, 4.69) is 24.1 Å². The minimum absolute atomic E-state index is 0.0851. The summed E-state index contributed by atoms with van der Waals surface area (Å²) in [6, 6.07) is 5.53. The first kappa shape index (κ1) is 16.3. The average Bonchev–Trinajstić information content (AvgIpc) is 2.37. The first-order valence-corrected chi connectivity index (χ1v) is 8.10. The summed E-state index contributed by atoms with van der Waals surface area (Å²) in [5.41, 5.74) is 1.62. The summed E-state index contributed by atoms with van der Waals surface area (Å²) in [6.45, 7) is 10.4. The van der Waals surface area contributed by atoms with Gasteiger partial charge in [-0.2, -0.15) is 0 Å². The van der Waals surface area contributed by atoms with Crippen LogP contribution in [-0.4, -0.2) is 37.0 Å². The number of carbonyl (C=O) groups excluding carboxylic acids is 1. The lowest BCUT2D eigenvalue weighted by Crippen LogP contribution is -2.42. The first-order valence-electron chi connectivity index (χ1n) is 7.72. The molecule has 2 rings (SSSR count). The van der Waals surface area contributed by atoms with Crippen molar-refractivity contribution in [3.05, 3.63) is 34.3 Å². The first-order chi connectivity index (χ1) is 9.95. The Hall–Kier alpha value is -1.06. The van der Waals surface area contributed by atoms with E-state index in [1.54, 1.807) is 6.07 Å². The fourth-order valence-electron chi connectivity index (χ4n) is 3.20. The van der Waals surface area contributed by atoms with E-state index >= 15 is 0 Å². The summed E-state index contributed by atoms with van der Waals surface area (Å²) in [6.07, 6.45) is 1.31. The summed E-state index contributed by atoms with van der Waals surface area (Å²) in [7, 11) is 0. The van der Waals surface area contributed by atoms with Gasteiger partial charge in [0.25, 0.3) is 5.91 Å². The lowest BCUT2D eigenvalue weighted by atomic mass is 9.92. The van der Waals surface area contributed by atoms with Crippen molar-refractivity contribution in [2.24, 2.45) is 11.8 Å². The van der Waals surface area contributed by atoms with Crippen molar-refractivity contribution in [3.8, 4) is 0 Å².